The molecule has 0 radical (unpaired) electrons. The molecule has 154 valence electrons. The van der Waals surface area contributed by atoms with Crippen LogP contribution < -0.4 is 10.9 Å². The van der Waals surface area contributed by atoms with Gasteiger partial charge in [-0.05, 0) is 29.5 Å². The van der Waals surface area contributed by atoms with Crippen LogP contribution in [-0.4, -0.2) is 21.0 Å². The summed E-state index contributed by atoms with van der Waals surface area (Å²) in [5.41, 5.74) is 2.89. The number of thioether (sulfide) groups is 1. The Kier molecular flexibility index (Phi) is 5.07. The topological polar surface area (TPSA) is 98.6 Å². The van der Waals surface area contributed by atoms with E-state index in [1.165, 1.54) is 11.8 Å². The Morgan fingerprint density at radius 1 is 1.20 bits per heavy atom. The summed E-state index contributed by atoms with van der Waals surface area (Å²) in [6, 6.07) is 9.21. The number of hydrogen-bond acceptors (Lipinski definition) is 6. The maximum atomic E-state index is 13.2. The van der Waals surface area contributed by atoms with Gasteiger partial charge in [0.2, 0.25) is 0 Å². The van der Waals surface area contributed by atoms with Gasteiger partial charge < -0.3 is 10.3 Å². The third-order valence-corrected chi connectivity index (χ3v) is 6.31. The molecule has 1 atom stereocenters. The van der Waals surface area contributed by atoms with E-state index in [9.17, 15) is 9.59 Å². The number of benzene rings is 1. The number of carbonyl (C=O) groups is 1. The van der Waals surface area contributed by atoms with Crippen LogP contribution >= 0.6 is 11.8 Å². The van der Waals surface area contributed by atoms with E-state index in [2.05, 4.69) is 35.2 Å². The molecule has 2 aromatic rings. The molecule has 2 heterocycles. The Labute approximate surface area is 179 Å². The third kappa shape index (κ3) is 3.68. The zero-order valence-corrected chi connectivity index (χ0v) is 18.3. The van der Waals surface area contributed by atoms with E-state index < -0.39 is 5.92 Å². The van der Waals surface area contributed by atoms with Gasteiger partial charge >= 0.3 is 0 Å². The second kappa shape index (κ2) is 7.44. The van der Waals surface area contributed by atoms with Crippen molar-refractivity contribution in [2.24, 2.45) is 5.41 Å². The molecular formula is C23H24N4O2S. The van der Waals surface area contributed by atoms with Crippen molar-refractivity contribution < 1.29 is 4.79 Å². The van der Waals surface area contributed by atoms with Gasteiger partial charge in [-0.1, -0.05) is 51.6 Å². The molecule has 7 heteroatoms. The monoisotopic (exact) mass is 420 g/mol. The Morgan fingerprint density at radius 3 is 2.53 bits per heavy atom. The van der Waals surface area contributed by atoms with Gasteiger partial charge in [0.25, 0.3) is 5.56 Å². The highest BCUT2D eigenvalue weighted by Gasteiger charge is 2.42. The van der Waals surface area contributed by atoms with Gasteiger partial charge in [-0.2, -0.15) is 5.26 Å². The van der Waals surface area contributed by atoms with Gasteiger partial charge in [0.15, 0.2) is 10.9 Å². The van der Waals surface area contributed by atoms with Crippen molar-refractivity contribution in [2.45, 2.75) is 56.9 Å². The molecular weight excluding hydrogens is 396 g/mol. The van der Waals surface area contributed by atoms with E-state index in [1.54, 1.807) is 12.1 Å². The highest BCUT2D eigenvalue weighted by atomic mass is 32.2. The molecule has 1 aliphatic heterocycles. The standard InChI is InChI=1S/C23H24N4O2S/c1-12(2)30-22-26-20-19(21(29)27-22)17(14-7-5-13(11-24)6-8-14)18-15(25-20)9-23(3,4)10-16(18)28/h5-8,12,17H,9-10H2,1-4H3,(H2,25,26,27,29). The molecule has 30 heavy (non-hydrogen) atoms. The van der Waals surface area contributed by atoms with E-state index in [4.69, 9.17) is 5.26 Å². The maximum Gasteiger partial charge on any atom is 0.257 e. The summed E-state index contributed by atoms with van der Waals surface area (Å²) < 4.78 is 0. The lowest BCUT2D eigenvalue weighted by atomic mass is 9.69. The number of fused-ring (bicyclic) bond motifs is 1. The van der Waals surface area contributed by atoms with Crippen LogP contribution in [0.5, 0.6) is 0 Å². The molecule has 2 aliphatic rings. The second-order valence-electron chi connectivity index (χ2n) is 8.92. The fourth-order valence-corrected chi connectivity index (χ4v) is 5.00. The number of anilines is 1. The van der Waals surface area contributed by atoms with Crippen molar-refractivity contribution >= 4 is 23.4 Å². The summed E-state index contributed by atoms with van der Waals surface area (Å²) in [5.74, 6) is 0.0660. The predicted molar refractivity (Wildman–Crippen MR) is 118 cm³/mol. The first kappa shape index (κ1) is 20.4. The number of ketones is 1. The number of hydrogen-bond donors (Lipinski definition) is 2. The molecule has 1 aromatic carbocycles. The van der Waals surface area contributed by atoms with Gasteiger partial charge in [-0.3, -0.25) is 9.59 Å². The second-order valence-corrected chi connectivity index (χ2v) is 10.5. The van der Waals surface area contributed by atoms with Crippen LogP contribution in [0, 0.1) is 16.7 Å². The highest BCUT2D eigenvalue weighted by molar-refractivity contribution is 7.99. The lowest BCUT2D eigenvalue weighted by Crippen LogP contribution is -2.37. The number of nitrogens with one attached hydrogen (secondary N) is 2. The van der Waals surface area contributed by atoms with Gasteiger partial charge in [-0.15, -0.1) is 0 Å². The Hall–Kier alpha value is -2.85. The summed E-state index contributed by atoms with van der Waals surface area (Å²) in [6.07, 6.45) is 1.14. The quantitative estimate of drug-likeness (QED) is 0.566. The van der Waals surface area contributed by atoms with Crippen LogP contribution in [0.25, 0.3) is 0 Å². The van der Waals surface area contributed by atoms with Crippen LogP contribution in [0.3, 0.4) is 0 Å². The fourth-order valence-electron chi connectivity index (χ4n) is 4.26. The summed E-state index contributed by atoms with van der Waals surface area (Å²) >= 11 is 1.49. The van der Waals surface area contributed by atoms with Crippen LogP contribution in [0.1, 0.15) is 63.1 Å². The first-order chi connectivity index (χ1) is 14.2. The molecule has 0 spiro atoms. The van der Waals surface area contributed by atoms with Crippen molar-refractivity contribution in [3.63, 3.8) is 0 Å². The maximum absolute atomic E-state index is 13.2. The minimum Gasteiger partial charge on any atom is -0.343 e. The zero-order valence-electron chi connectivity index (χ0n) is 17.5. The van der Waals surface area contributed by atoms with Crippen LogP contribution in [-0.2, 0) is 4.79 Å². The molecule has 1 aromatic heterocycles. The molecule has 0 bridgehead atoms. The minimum atomic E-state index is -0.498. The number of allylic oxidation sites excluding steroid dienone is 2. The van der Waals surface area contributed by atoms with Crippen LogP contribution in [0.2, 0.25) is 0 Å². The molecule has 6 nitrogen and oxygen atoms in total. The van der Waals surface area contributed by atoms with Crippen molar-refractivity contribution in [3.8, 4) is 6.07 Å². The van der Waals surface area contributed by atoms with Crippen molar-refractivity contribution in [2.75, 3.05) is 5.32 Å². The molecule has 1 aliphatic carbocycles. The molecule has 0 saturated carbocycles. The fraction of sp³-hybridized carbons (Fsp3) is 0.391. The lowest BCUT2D eigenvalue weighted by Gasteiger charge is -2.38. The first-order valence-corrected chi connectivity index (χ1v) is 10.9. The summed E-state index contributed by atoms with van der Waals surface area (Å²) in [6.45, 7) is 8.24. The van der Waals surface area contributed by atoms with E-state index in [-0.39, 0.29) is 22.0 Å². The van der Waals surface area contributed by atoms with E-state index in [0.29, 0.717) is 40.5 Å². The first-order valence-electron chi connectivity index (χ1n) is 10.0. The summed E-state index contributed by atoms with van der Waals surface area (Å²) in [7, 11) is 0. The van der Waals surface area contributed by atoms with E-state index >= 15 is 0 Å². The molecule has 0 fully saturated rings. The largest absolute Gasteiger partial charge is 0.343 e. The van der Waals surface area contributed by atoms with Gasteiger partial charge in [0.05, 0.1) is 17.2 Å². The Balaban J connectivity index is 1.93. The lowest BCUT2D eigenvalue weighted by molar-refractivity contribution is -0.118. The van der Waals surface area contributed by atoms with Crippen LogP contribution in [0.15, 0.2) is 45.5 Å². The highest BCUT2D eigenvalue weighted by Crippen LogP contribution is 2.47. The number of aromatic nitrogens is 2. The predicted octanol–water partition coefficient (Wildman–Crippen LogP) is 4.34. The number of Topliss-reactive ketones (excluding diaryl/α,β-unsaturated/α-hetero) is 1. The minimum absolute atomic E-state index is 0.0498. The third-order valence-electron chi connectivity index (χ3n) is 5.42. The van der Waals surface area contributed by atoms with Crippen molar-refractivity contribution in [1.29, 1.82) is 5.26 Å². The molecule has 2 N–H and O–H groups in total. The SMILES string of the molecule is CC(C)Sc1nc2c(c(=O)[nH]1)C(c1ccc(C#N)cc1)C1=C(CC(C)(C)CC1=O)N2. The van der Waals surface area contributed by atoms with Crippen molar-refractivity contribution in [3.05, 3.63) is 62.6 Å². The number of nitrogens with zero attached hydrogens (tertiary/aromatic N) is 2. The molecule has 1 unspecified atom stereocenters. The zero-order chi connectivity index (χ0) is 21.6. The normalized spacial score (nSPS) is 19.7. The summed E-state index contributed by atoms with van der Waals surface area (Å²) in [5, 5.41) is 13.3. The number of nitriles is 1. The van der Waals surface area contributed by atoms with E-state index in [1.807, 2.05) is 26.0 Å². The molecule has 0 amide bonds. The van der Waals surface area contributed by atoms with E-state index in [0.717, 1.165) is 11.3 Å². The smallest absolute Gasteiger partial charge is 0.257 e. The Morgan fingerprint density at radius 2 is 1.90 bits per heavy atom. The number of carbonyl (C=O) groups excluding carboxylic acids is 1. The van der Waals surface area contributed by atoms with Crippen LogP contribution in [0.4, 0.5) is 5.82 Å². The van der Waals surface area contributed by atoms with Crippen molar-refractivity contribution in [1.82, 2.24) is 9.97 Å². The van der Waals surface area contributed by atoms with Gasteiger partial charge in [0.1, 0.15) is 5.82 Å². The molecule has 0 saturated heterocycles. The Bertz CT molecular complexity index is 1150. The number of rotatable bonds is 3. The number of H-pyrrole nitrogens is 1. The summed E-state index contributed by atoms with van der Waals surface area (Å²) in [4.78, 5) is 33.9. The van der Waals surface area contributed by atoms with Gasteiger partial charge in [-0.25, -0.2) is 4.98 Å². The average Bonchev–Trinajstić information content (AvgIpc) is 2.65. The number of aromatic amines is 1. The van der Waals surface area contributed by atoms with Gasteiger partial charge in [0, 0.05) is 28.9 Å². The molecule has 4 rings (SSSR count). The average molecular weight is 421 g/mol.